The number of H-pyrrole nitrogens is 1. The molecule has 0 saturated heterocycles. The Hall–Kier alpha value is -3.41. The fourth-order valence-corrected chi connectivity index (χ4v) is 3.10. The van der Waals surface area contributed by atoms with Crippen LogP contribution in [0.4, 0.5) is 0 Å². The van der Waals surface area contributed by atoms with Gasteiger partial charge >= 0.3 is 0 Å². The summed E-state index contributed by atoms with van der Waals surface area (Å²) in [6.45, 7) is 0.444. The van der Waals surface area contributed by atoms with Crippen molar-refractivity contribution >= 4 is 16.8 Å². The predicted molar refractivity (Wildman–Crippen MR) is 100 cm³/mol. The van der Waals surface area contributed by atoms with Crippen LogP contribution in [-0.2, 0) is 24.8 Å². The molecule has 4 rings (SSSR count). The number of fused-ring (bicyclic) bond motifs is 1. The maximum Gasteiger partial charge on any atom is 0.224 e. The van der Waals surface area contributed by atoms with E-state index in [-0.39, 0.29) is 5.91 Å². The molecule has 130 valence electrons. The number of carbonyl (C=O) groups is 1. The second kappa shape index (κ2) is 6.84. The summed E-state index contributed by atoms with van der Waals surface area (Å²) in [6.07, 6.45) is 7.57. The molecular formula is C20H19N5O. The summed E-state index contributed by atoms with van der Waals surface area (Å²) >= 11 is 0. The summed E-state index contributed by atoms with van der Waals surface area (Å²) in [7, 11) is 1.89. The number of pyridine rings is 1. The largest absolute Gasteiger partial charge is 0.361 e. The van der Waals surface area contributed by atoms with Crippen molar-refractivity contribution in [3.05, 3.63) is 72.3 Å². The van der Waals surface area contributed by atoms with Gasteiger partial charge in [-0.3, -0.25) is 14.5 Å². The molecule has 0 aliphatic rings. The molecule has 6 nitrogen and oxygen atoms in total. The van der Waals surface area contributed by atoms with E-state index in [9.17, 15) is 4.79 Å². The van der Waals surface area contributed by atoms with Gasteiger partial charge in [-0.05, 0) is 29.3 Å². The van der Waals surface area contributed by atoms with Crippen molar-refractivity contribution < 1.29 is 4.79 Å². The SMILES string of the molecule is Cn1nccc1-c1cncc(CNC(=O)Cc2c[nH]c3ccccc23)c1. The zero-order valence-electron chi connectivity index (χ0n) is 14.4. The fourth-order valence-electron chi connectivity index (χ4n) is 3.10. The van der Waals surface area contributed by atoms with Gasteiger partial charge in [0, 0.05) is 54.8 Å². The van der Waals surface area contributed by atoms with Gasteiger partial charge in [0.1, 0.15) is 0 Å². The number of aryl methyl sites for hydroxylation is 1. The molecule has 6 heteroatoms. The molecule has 2 N–H and O–H groups in total. The lowest BCUT2D eigenvalue weighted by Crippen LogP contribution is -2.24. The van der Waals surface area contributed by atoms with Crippen LogP contribution in [0.5, 0.6) is 0 Å². The Balaban J connectivity index is 1.42. The normalized spacial score (nSPS) is 11.0. The molecule has 1 amide bonds. The number of benzene rings is 1. The van der Waals surface area contributed by atoms with E-state index in [1.165, 1.54) is 0 Å². The molecule has 0 saturated carbocycles. The molecule has 0 unspecified atom stereocenters. The Kier molecular flexibility index (Phi) is 4.23. The van der Waals surface area contributed by atoms with E-state index in [1.807, 2.05) is 49.6 Å². The van der Waals surface area contributed by atoms with Crippen LogP contribution in [0.25, 0.3) is 22.2 Å². The maximum absolute atomic E-state index is 12.3. The summed E-state index contributed by atoms with van der Waals surface area (Å²) in [5.41, 5.74) is 4.97. The number of hydrogen-bond acceptors (Lipinski definition) is 3. The molecule has 0 aliphatic heterocycles. The van der Waals surface area contributed by atoms with Crippen molar-refractivity contribution in [1.82, 2.24) is 25.1 Å². The van der Waals surface area contributed by atoms with Gasteiger partial charge in [0.05, 0.1) is 12.1 Å². The standard InChI is InChI=1S/C20H19N5O/c1-25-19(6-7-24-25)16-8-14(10-21-12-16)11-23-20(26)9-15-13-22-18-5-3-2-4-17(15)18/h2-8,10,12-13,22H,9,11H2,1H3,(H,23,26). The molecule has 0 fully saturated rings. The molecule has 3 aromatic heterocycles. The van der Waals surface area contributed by atoms with Gasteiger partial charge in [-0.2, -0.15) is 5.10 Å². The van der Waals surface area contributed by atoms with Gasteiger partial charge in [-0.25, -0.2) is 0 Å². The van der Waals surface area contributed by atoms with Crippen LogP contribution in [0.1, 0.15) is 11.1 Å². The Morgan fingerprint density at radius 1 is 1.23 bits per heavy atom. The molecule has 4 aromatic rings. The van der Waals surface area contributed by atoms with Gasteiger partial charge < -0.3 is 10.3 Å². The van der Waals surface area contributed by atoms with Crippen molar-refractivity contribution in [3.63, 3.8) is 0 Å². The number of amides is 1. The van der Waals surface area contributed by atoms with Gasteiger partial charge in [0.25, 0.3) is 0 Å². The summed E-state index contributed by atoms with van der Waals surface area (Å²) in [6, 6.07) is 12.0. The Bertz CT molecular complexity index is 1060. The molecular weight excluding hydrogens is 326 g/mol. The third kappa shape index (κ3) is 3.21. The molecule has 0 radical (unpaired) electrons. The first-order valence-electron chi connectivity index (χ1n) is 8.45. The fraction of sp³-hybridized carbons (Fsp3) is 0.150. The summed E-state index contributed by atoms with van der Waals surface area (Å²) in [5.74, 6) is -0.0133. The predicted octanol–water partition coefficient (Wildman–Crippen LogP) is 2.82. The van der Waals surface area contributed by atoms with Crippen LogP contribution in [0.2, 0.25) is 0 Å². The van der Waals surface area contributed by atoms with Crippen molar-refractivity contribution in [2.45, 2.75) is 13.0 Å². The quantitative estimate of drug-likeness (QED) is 0.584. The zero-order valence-corrected chi connectivity index (χ0v) is 14.4. The average Bonchev–Trinajstić information content (AvgIpc) is 3.27. The highest BCUT2D eigenvalue weighted by molar-refractivity contribution is 5.88. The van der Waals surface area contributed by atoms with Gasteiger partial charge in [0.15, 0.2) is 0 Å². The smallest absolute Gasteiger partial charge is 0.224 e. The van der Waals surface area contributed by atoms with E-state index >= 15 is 0 Å². The third-order valence-corrected chi connectivity index (χ3v) is 4.43. The van der Waals surface area contributed by atoms with E-state index in [0.29, 0.717) is 13.0 Å². The molecule has 0 spiro atoms. The van der Waals surface area contributed by atoms with Crippen LogP contribution in [0.15, 0.2) is 61.2 Å². The number of para-hydroxylation sites is 1. The lowest BCUT2D eigenvalue weighted by Gasteiger charge is -2.07. The van der Waals surface area contributed by atoms with E-state index in [0.717, 1.165) is 33.3 Å². The minimum atomic E-state index is -0.0133. The second-order valence-corrected chi connectivity index (χ2v) is 6.23. The average molecular weight is 345 g/mol. The highest BCUT2D eigenvalue weighted by atomic mass is 16.1. The molecule has 0 aliphatic carbocycles. The third-order valence-electron chi connectivity index (χ3n) is 4.43. The lowest BCUT2D eigenvalue weighted by molar-refractivity contribution is -0.120. The first-order valence-corrected chi connectivity index (χ1v) is 8.45. The molecule has 26 heavy (non-hydrogen) atoms. The lowest BCUT2D eigenvalue weighted by atomic mass is 10.1. The van der Waals surface area contributed by atoms with Crippen molar-refractivity contribution in [2.75, 3.05) is 0 Å². The highest BCUT2D eigenvalue weighted by Crippen LogP contribution is 2.19. The van der Waals surface area contributed by atoms with Crippen molar-refractivity contribution in [1.29, 1.82) is 0 Å². The van der Waals surface area contributed by atoms with Gasteiger partial charge in [-0.15, -0.1) is 0 Å². The number of hydrogen-bond donors (Lipinski definition) is 2. The number of aromatic nitrogens is 4. The van der Waals surface area contributed by atoms with Crippen molar-refractivity contribution in [2.24, 2.45) is 7.05 Å². The topological polar surface area (TPSA) is 75.6 Å². The molecule has 1 aromatic carbocycles. The Labute approximate surface area is 150 Å². The Morgan fingerprint density at radius 3 is 2.96 bits per heavy atom. The van der Waals surface area contributed by atoms with E-state index in [4.69, 9.17) is 0 Å². The number of aromatic amines is 1. The van der Waals surface area contributed by atoms with Crippen molar-refractivity contribution in [3.8, 4) is 11.3 Å². The first kappa shape index (κ1) is 16.1. The maximum atomic E-state index is 12.3. The van der Waals surface area contributed by atoms with Crippen LogP contribution < -0.4 is 5.32 Å². The second-order valence-electron chi connectivity index (χ2n) is 6.23. The monoisotopic (exact) mass is 345 g/mol. The molecule has 3 heterocycles. The summed E-state index contributed by atoms with van der Waals surface area (Å²) in [5, 5.41) is 8.24. The summed E-state index contributed by atoms with van der Waals surface area (Å²) < 4.78 is 1.80. The van der Waals surface area contributed by atoms with E-state index in [1.54, 1.807) is 23.3 Å². The number of nitrogens with one attached hydrogen (secondary N) is 2. The highest BCUT2D eigenvalue weighted by Gasteiger charge is 2.09. The number of rotatable bonds is 5. The van der Waals surface area contributed by atoms with E-state index in [2.05, 4.69) is 20.4 Å². The van der Waals surface area contributed by atoms with Crippen LogP contribution in [0, 0.1) is 0 Å². The molecule has 0 atom stereocenters. The van der Waals surface area contributed by atoms with Crippen LogP contribution in [-0.4, -0.2) is 25.7 Å². The van der Waals surface area contributed by atoms with Crippen LogP contribution >= 0.6 is 0 Å². The molecule has 0 bridgehead atoms. The minimum Gasteiger partial charge on any atom is -0.361 e. The number of nitrogens with zero attached hydrogens (tertiary/aromatic N) is 3. The first-order chi connectivity index (χ1) is 12.7. The van der Waals surface area contributed by atoms with Crippen LogP contribution in [0.3, 0.4) is 0 Å². The zero-order chi connectivity index (χ0) is 17.9. The number of carbonyl (C=O) groups excluding carboxylic acids is 1. The van der Waals surface area contributed by atoms with Gasteiger partial charge in [0.2, 0.25) is 5.91 Å². The Morgan fingerprint density at radius 2 is 2.12 bits per heavy atom. The van der Waals surface area contributed by atoms with E-state index < -0.39 is 0 Å². The minimum absolute atomic E-state index is 0.0133. The van der Waals surface area contributed by atoms with Gasteiger partial charge in [-0.1, -0.05) is 18.2 Å². The summed E-state index contributed by atoms with van der Waals surface area (Å²) in [4.78, 5) is 19.8.